The Morgan fingerprint density at radius 2 is 1.59 bits per heavy atom. The van der Waals surface area contributed by atoms with Gasteiger partial charge >= 0.3 is 0 Å². The highest BCUT2D eigenvalue weighted by Crippen LogP contribution is 2.35. The number of thiol groups is 1. The van der Waals surface area contributed by atoms with Gasteiger partial charge in [-0.15, -0.1) is 0 Å². The van der Waals surface area contributed by atoms with Crippen molar-refractivity contribution in [3.8, 4) is 0 Å². The summed E-state index contributed by atoms with van der Waals surface area (Å²) >= 11 is 15.0. The first kappa shape index (κ1) is 27.5. The van der Waals surface area contributed by atoms with Crippen molar-refractivity contribution >= 4 is 47.0 Å². The van der Waals surface area contributed by atoms with E-state index >= 15 is 0 Å². The number of likely N-dealkylation sites (tertiary alicyclic amines) is 1. The van der Waals surface area contributed by atoms with Crippen molar-refractivity contribution in [3.05, 3.63) is 106 Å². The van der Waals surface area contributed by atoms with Gasteiger partial charge in [-0.25, -0.2) is 4.39 Å². The number of nitrogens with one attached hydrogen (secondary N) is 1. The summed E-state index contributed by atoms with van der Waals surface area (Å²) in [6, 6.07) is 23.1. The summed E-state index contributed by atoms with van der Waals surface area (Å²) in [4.78, 5) is 28.4. The Hall–Kier alpha value is -2.58. The third kappa shape index (κ3) is 6.85. The fourth-order valence-corrected chi connectivity index (χ4v) is 5.46. The van der Waals surface area contributed by atoms with Crippen LogP contribution in [0.25, 0.3) is 0 Å². The Labute approximate surface area is 232 Å². The molecular formula is C28H28Cl2FN3O2S. The van der Waals surface area contributed by atoms with Crippen molar-refractivity contribution in [2.24, 2.45) is 0 Å². The highest BCUT2D eigenvalue weighted by Gasteiger charge is 2.51. The van der Waals surface area contributed by atoms with Crippen LogP contribution in [0.3, 0.4) is 0 Å². The van der Waals surface area contributed by atoms with Crippen LogP contribution < -0.4 is 5.32 Å². The summed E-state index contributed by atoms with van der Waals surface area (Å²) in [7, 11) is 0. The predicted octanol–water partition coefficient (Wildman–Crippen LogP) is 6.20. The third-order valence-electron chi connectivity index (χ3n) is 6.74. The van der Waals surface area contributed by atoms with Gasteiger partial charge in [0.15, 0.2) is 0 Å². The second-order valence-electron chi connectivity index (χ2n) is 9.14. The van der Waals surface area contributed by atoms with Crippen LogP contribution in [0, 0.1) is 5.82 Å². The molecule has 3 aromatic carbocycles. The van der Waals surface area contributed by atoms with Gasteiger partial charge in [-0.05, 0) is 36.2 Å². The van der Waals surface area contributed by atoms with E-state index in [4.69, 9.17) is 23.2 Å². The monoisotopic (exact) mass is 559 g/mol. The first-order chi connectivity index (χ1) is 17.8. The number of amides is 2. The summed E-state index contributed by atoms with van der Waals surface area (Å²) in [6.07, 6.45) is 1.75. The molecule has 2 amide bonds. The molecular weight excluding hydrogens is 532 g/mol. The van der Waals surface area contributed by atoms with Crippen LogP contribution in [0.5, 0.6) is 0 Å². The molecule has 3 aromatic rings. The van der Waals surface area contributed by atoms with Gasteiger partial charge < -0.3 is 9.80 Å². The minimum Gasteiger partial charge on any atom is -0.334 e. The Balaban J connectivity index is 0.000000342. The average Bonchev–Trinajstić information content (AvgIpc) is 3.11. The van der Waals surface area contributed by atoms with E-state index in [1.54, 1.807) is 46.2 Å². The van der Waals surface area contributed by atoms with Crippen molar-refractivity contribution < 1.29 is 14.0 Å². The van der Waals surface area contributed by atoms with Gasteiger partial charge in [-0.3, -0.25) is 14.9 Å². The molecule has 5 rings (SSSR count). The molecule has 2 heterocycles. The average molecular weight is 561 g/mol. The Bertz CT molecular complexity index is 1220. The summed E-state index contributed by atoms with van der Waals surface area (Å²) in [5.41, 5.74) is 0.984. The van der Waals surface area contributed by atoms with Crippen LogP contribution in [-0.4, -0.2) is 45.7 Å². The van der Waals surface area contributed by atoms with Crippen molar-refractivity contribution in [1.82, 2.24) is 15.1 Å². The molecule has 2 fully saturated rings. The maximum absolute atomic E-state index is 14.3. The highest BCUT2D eigenvalue weighted by atomic mass is 35.5. The standard InChI is InChI=1S/C22H24FN3O2S.C6H4Cl2/c23-18-9-5-4-8-17(18)15-26-20(27)19(14-16-6-2-1-3-7-16)24-22(26)10-12-25(13-11-22)21(28)29;7-5-2-1-3-6(8)4-5/h1-9,19,24H,10-15H2,(H,28,29);1-4H. The second kappa shape index (κ2) is 12.3. The normalized spacial score (nSPS) is 18.5. The maximum atomic E-state index is 14.3. The number of hydrogen-bond acceptors (Lipinski definition) is 3. The molecule has 37 heavy (non-hydrogen) atoms. The van der Waals surface area contributed by atoms with Gasteiger partial charge in [0.2, 0.25) is 5.91 Å². The molecule has 5 nitrogen and oxygen atoms in total. The van der Waals surface area contributed by atoms with Crippen molar-refractivity contribution in [2.75, 3.05) is 13.1 Å². The van der Waals surface area contributed by atoms with Crippen LogP contribution in [-0.2, 0) is 17.8 Å². The third-order valence-corrected chi connectivity index (χ3v) is 7.49. The van der Waals surface area contributed by atoms with E-state index in [1.807, 2.05) is 36.4 Å². The van der Waals surface area contributed by atoms with Gasteiger partial charge in [-0.1, -0.05) is 90.4 Å². The maximum Gasteiger partial charge on any atom is 0.278 e. The number of halogens is 3. The lowest BCUT2D eigenvalue weighted by molar-refractivity contribution is -0.134. The zero-order valence-electron chi connectivity index (χ0n) is 20.1. The number of benzene rings is 3. The zero-order valence-corrected chi connectivity index (χ0v) is 22.5. The number of carbonyl (C=O) groups is 2. The Morgan fingerprint density at radius 3 is 2.16 bits per heavy atom. The lowest BCUT2D eigenvalue weighted by atomic mass is 9.95. The van der Waals surface area contributed by atoms with Crippen LogP contribution in [0.4, 0.5) is 9.18 Å². The van der Waals surface area contributed by atoms with E-state index in [0.717, 1.165) is 5.56 Å². The summed E-state index contributed by atoms with van der Waals surface area (Å²) in [5, 5.41) is 4.64. The molecule has 194 valence electrons. The first-order valence-electron chi connectivity index (χ1n) is 12.0. The number of nitrogens with zero attached hydrogens (tertiary/aromatic N) is 2. The number of hydrogen-bond donors (Lipinski definition) is 2. The SMILES string of the molecule is Clc1cccc(Cl)c1.O=C(S)N1CCC2(CC1)NC(Cc1ccccc1)C(=O)N2Cc1ccccc1F. The van der Waals surface area contributed by atoms with Gasteiger partial charge in [0.05, 0.1) is 18.2 Å². The quantitative estimate of drug-likeness (QED) is 0.374. The second-order valence-corrected chi connectivity index (χ2v) is 10.4. The molecule has 2 aliphatic heterocycles. The highest BCUT2D eigenvalue weighted by molar-refractivity contribution is 7.96. The summed E-state index contributed by atoms with van der Waals surface area (Å²) in [6.45, 7) is 1.22. The molecule has 0 aliphatic carbocycles. The first-order valence-corrected chi connectivity index (χ1v) is 13.2. The molecule has 0 aromatic heterocycles. The van der Waals surface area contributed by atoms with E-state index in [1.165, 1.54) is 6.07 Å². The van der Waals surface area contributed by atoms with Crippen LogP contribution in [0.15, 0.2) is 78.9 Å². The molecule has 2 saturated heterocycles. The molecule has 1 unspecified atom stereocenters. The summed E-state index contributed by atoms with van der Waals surface area (Å²) in [5.74, 6) is -0.340. The molecule has 1 spiro atoms. The van der Waals surface area contributed by atoms with Crippen molar-refractivity contribution in [2.45, 2.75) is 37.5 Å². The van der Waals surface area contributed by atoms with Crippen LogP contribution in [0.2, 0.25) is 10.0 Å². The molecule has 1 atom stereocenters. The minimum absolute atomic E-state index is 0.0252. The minimum atomic E-state index is -0.585. The number of rotatable bonds is 4. The van der Waals surface area contributed by atoms with Gasteiger partial charge in [-0.2, -0.15) is 0 Å². The molecule has 0 radical (unpaired) electrons. The smallest absolute Gasteiger partial charge is 0.278 e. The Morgan fingerprint density at radius 1 is 0.973 bits per heavy atom. The van der Waals surface area contributed by atoms with E-state index in [9.17, 15) is 14.0 Å². The van der Waals surface area contributed by atoms with E-state index < -0.39 is 5.66 Å². The van der Waals surface area contributed by atoms with E-state index in [-0.39, 0.29) is 29.6 Å². The summed E-state index contributed by atoms with van der Waals surface area (Å²) < 4.78 is 14.3. The topological polar surface area (TPSA) is 52.7 Å². The molecule has 9 heteroatoms. The van der Waals surface area contributed by atoms with Crippen molar-refractivity contribution in [3.63, 3.8) is 0 Å². The fraction of sp³-hybridized carbons (Fsp3) is 0.286. The predicted molar refractivity (Wildman–Crippen MR) is 148 cm³/mol. The fourth-order valence-electron chi connectivity index (χ4n) is 4.82. The molecule has 2 aliphatic rings. The molecule has 1 N–H and O–H groups in total. The number of piperidine rings is 1. The lowest BCUT2D eigenvalue weighted by Crippen LogP contribution is -2.59. The van der Waals surface area contributed by atoms with Gasteiger partial charge in [0, 0.05) is 41.5 Å². The van der Waals surface area contributed by atoms with Gasteiger partial charge in [0.1, 0.15) is 5.82 Å². The Kier molecular flexibility index (Phi) is 9.13. The van der Waals surface area contributed by atoms with E-state index in [0.29, 0.717) is 48.0 Å². The lowest BCUT2D eigenvalue weighted by Gasteiger charge is -2.44. The van der Waals surface area contributed by atoms with E-state index in [2.05, 4.69) is 17.9 Å². The largest absolute Gasteiger partial charge is 0.334 e. The van der Waals surface area contributed by atoms with Crippen molar-refractivity contribution in [1.29, 1.82) is 0 Å². The molecule has 0 saturated carbocycles. The van der Waals surface area contributed by atoms with Crippen LogP contribution in [0.1, 0.15) is 24.0 Å². The van der Waals surface area contributed by atoms with Crippen LogP contribution >= 0.6 is 35.8 Å². The van der Waals surface area contributed by atoms with Gasteiger partial charge in [0.25, 0.3) is 5.24 Å². The molecule has 0 bridgehead atoms. The number of carbonyl (C=O) groups excluding carboxylic acids is 2. The zero-order chi connectivity index (χ0) is 26.4.